The molecule has 0 amide bonds. The largest absolute Gasteiger partial charge is 0.382 e. The lowest BCUT2D eigenvalue weighted by atomic mass is 9.97. The molecular formula is C13H20N2O3. The van der Waals surface area contributed by atoms with Crippen LogP contribution in [0.5, 0.6) is 0 Å². The van der Waals surface area contributed by atoms with Gasteiger partial charge in [-0.05, 0) is 25.7 Å². The number of nitrogens with zero attached hydrogens (tertiary/aromatic N) is 1. The molecule has 1 aliphatic carbocycles. The molecule has 5 nitrogen and oxygen atoms in total. The van der Waals surface area contributed by atoms with Crippen molar-refractivity contribution in [3.05, 3.63) is 27.4 Å². The summed E-state index contributed by atoms with van der Waals surface area (Å²) in [6.07, 6.45) is 4.66. The van der Waals surface area contributed by atoms with Gasteiger partial charge in [0.15, 0.2) is 0 Å². The molecule has 0 atom stereocenters. The van der Waals surface area contributed by atoms with E-state index < -0.39 is 0 Å². The van der Waals surface area contributed by atoms with Crippen molar-refractivity contribution in [3.63, 3.8) is 0 Å². The van der Waals surface area contributed by atoms with E-state index in [9.17, 15) is 4.79 Å². The fraction of sp³-hybridized carbons (Fsp3) is 0.692. The minimum Gasteiger partial charge on any atom is -0.382 e. The fourth-order valence-electron chi connectivity index (χ4n) is 2.19. The molecule has 0 aliphatic heterocycles. The molecule has 5 heteroatoms. The number of aromatic nitrogens is 2. The first-order valence-electron chi connectivity index (χ1n) is 6.49. The summed E-state index contributed by atoms with van der Waals surface area (Å²) in [6, 6.07) is 0. The van der Waals surface area contributed by atoms with Crippen molar-refractivity contribution in [2.24, 2.45) is 0 Å². The molecule has 1 aliphatic rings. The maximum atomic E-state index is 11.9. The minimum absolute atomic E-state index is 0.0339. The highest BCUT2D eigenvalue weighted by molar-refractivity contribution is 5.20. The molecule has 0 radical (unpaired) electrons. The smallest absolute Gasteiger partial charge is 0.254 e. The number of methoxy groups -OCH3 is 1. The third-order valence-electron chi connectivity index (χ3n) is 3.16. The van der Waals surface area contributed by atoms with Crippen LogP contribution >= 0.6 is 0 Å². The quantitative estimate of drug-likeness (QED) is 0.762. The second kappa shape index (κ2) is 6.66. The zero-order valence-electron chi connectivity index (χ0n) is 10.8. The average molecular weight is 252 g/mol. The first kappa shape index (κ1) is 13.2. The lowest BCUT2D eigenvalue weighted by Crippen LogP contribution is -2.23. The average Bonchev–Trinajstić information content (AvgIpc) is 2.39. The highest BCUT2D eigenvalue weighted by Gasteiger charge is 2.15. The van der Waals surface area contributed by atoms with E-state index in [0.29, 0.717) is 26.2 Å². The van der Waals surface area contributed by atoms with Crippen LogP contribution in [-0.4, -0.2) is 36.9 Å². The summed E-state index contributed by atoms with van der Waals surface area (Å²) in [5.74, 6) is 0.734. The van der Waals surface area contributed by atoms with Crippen molar-refractivity contribution >= 4 is 0 Å². The van der Waals surface area contributed by atoms with E-state index in [0.717, 1.165) is 42.8 Å². The van der Waals surface area contributed by atoms with Crippen LogP contribution in [0.15, 0.2) is 4.79 Å². The van der Waals surface area contributed by atoms with Crippen LogP contribution in [0.3, 0.4) is 0 Å². The Kier molecular flexibility index (Phi) is 4.90. The molecular weight excluding hydrogens is 232 g/mol. The van der Waals surface area contributed by atoms with Gasteiger partial charge in [-0.1, -0.05) is 0 Å². The fourth-order valence-corrected chi connectivity index (χ4v) is 2.19. The number of ether oxygens (including phenoxy) is 2. The van der Waals surface area contributed by atoms with Crippen molar-refractivity contribution in [2.45, 2.75) is 32.1 Å². The Morgan fingerprint density at radius 1 is 1.22 bits per heavy atom. The SMILES string of the molecule is COCCOCCc1nc2c(c(=O)[nH]1)CCCC2. The summed E-state index contributed by atoms with van der Waals surface area (Å²) < 4.78 is 10.3. The van der Waals surface area contributed by atoms with E-state index >= 15 is 0 Å². The molecule has 0 unspecified atom stereocenters. The molecule has 1 aromatic rings. The first-order chi connectivity index (χ1) is 8.81. The summed E-state index contributed by atoms with van der Waals surface area (Å²) in [7, 11) is 1.64. The van der Waals surface area contributed by atoms with Crippen LogP contribution < -0.4 is 5.56 Å². The van der Waals surface area contributed by atoms with Gasteiger partial charge in [-0.3, -0.25) is 4.79 Å². The van der Waals surface area contributed by atoms with Crippen molar-refractivity contribution in [1.29, 1.82) is 0 Å². The number of aryl methyl sites for hydroxylation is 1. The second-order valence-electron chi connectivity index (χ2n) is 4.50. The molecule has 0 saturated carbocycles. The number of hydrogen-bond donors (Lipinski definition) is 1. The third-order valence-corrected chi connectivity index (χ3v) is 3.16. The minimum atomic E-state index is 0.0339. The third kappa shape index (κ3) is 3.40. The van der Waals surface area contributed by atoms with Gasteiger partial charge in [-0.25, -0.2) is 4.98 Å². The van der Waals surface area contributed by atoms with Gasteiger partial charge in [0.2, 0.25) is 0 Å². The van der Waals surface area contributed by atoms with Crippen LogP contribution in [0.2, 0.25) is 0 Å². The Hall–Kier alpha value is -1.20. The van der Waals surface area contributed by atoms with E-state index in [1.807, 2.05) is 0 Å². The zero-order chi connectivity index (χ0) is 12.8. The van der Waals surface area contributed by atoms with Gasteiger partial charge in [-0.2, -0.15) is 0 Å². The van der Waals surface area contributed by atoms with Crippen LogP contribution in [0.25, 0.3) is 0 Å². The predicted molar refractivity (Wildman–Crippen MR) is 67.9 cm³/mol. The van der Waals surface area contributed by atoms with Gasteiger partial charge in [0.05, 0.1) is 25.5 Å². The van der Waals surface area contributed by atoms with Gasteiger partial charge < -0.3 is 14.5 Å². The number of H-pyrrole nitrogens is 1. The van der Waals surface area contributed by atoms with Gasteiger partial charge in [0.25, 0.3) is 5.56 Å². The van der Waals surface area contributed by atoms with Crippen molar-refractivity contribution in [2.75, 3.05) is 26.9 Å². The number of rotatable bonds is 6. The van der Waals surface area contributed by atoms with Crippen LogP contribution in [0.1, 0.15) is 29.9 Å². The standard InChI is InChI=1S/C13H20N2O3/c1-17-8-9-18-7-6-12-14-11-5-3-2-4-10(11)13(16)15-12/h2-9H2,1H3,(H,14,15,16). The van der Waals surface area contributed by atoms with Gasteiger partial charge >= 0.3 is 0 Å². The molecule has 1 N–H and O–H groups in total. The predicted octanol–water partition coefficient (Wildman–Crippen LogP) is 0.854. The van der Waals surface area contributed by atoms with E-state index in [4.69, 9.17) is 9.47 Å². The van der Waals surface area contributed by atoms with Gasteiger partial charge in [0.1, 0.15) is 5.82 Å². The molecule has 2 rings (SSSR count). The Labute approximate surface area is 107 Å². The van der Waals surface area contributed by atoms with Crippen molar-refractivity contribution in [1.82, 2.24) is 9.97 Å². The normalized spacial score (nSPS) is 14.5. The Morgan fingerprint density at radius 3 is 2.89 bits per heavy atom. The van der Waals surface area contributed by atoms with Crippen molar-refractivity contribution in [3.8, 4) is 0 Å². The lowest BCUT2D eigenvalue weighted by molar-refractivity contribution is 0.0716. The molecule has 1 heterocycles. The van der Waals surface area contributed by atoms with E-state index in [2.05, 4.69) is 9.97 Å². The molecule has 18 heavy (non-hydrogen) atoms. The summed E-state index contributed by atoms with van der Waals surface area (Å²) in [5, 5.41) is 0. The maximum Gasteiger partial charge on any atom is 0.254 e. The lowest BCUT2D eigenvalue weighted by Gasteiger charge is -2.14. The topological polar surface area (TPSA) is 64.2 Å². The summed E-state index contributed by atoms with van der Waals surface area (Å²) in [5.41, 5.74) is 1.90. The number of aromatic amines is 1. The monoisotopic (exact) mass is 252 g/mol. The summed E-state index contributed by atoms with van der Waals surface area (Å²) in [4.78, 5) is 19.2. The number of nitrogens with one attached hydrogen (secondary N) is 1. The number of fused-ring (bicyclic) bond motifs is 1. The molecule has 0 fully saturated rings. The summed E-state index contributed by atoms with van der Waals surface area (Å²) in [6.45, 7) is 1.73. The Morgan fingerprint density at radius 2 is 2.06 bits per heavy atom. The molecule has 1 aromatic heterocycles. The van der Waals surface area contributed by atoms with Gasteiger partial charge in [0, 0.05) is 19.1 Å². The molecule has 0 spiro atoms. The Bertz CT molecular complexity index is 442. The Balaban J connectivity index is 1.93. The van der Waals surface area contributed by atoms with Crippen LogP contribution in [0, 0.1) is 0 Å². The van der Waals surface area contributed by atoms with E-state index in [1.54, 1.807) is 7.11 Å². The molecule has 0 bridgehead atoms. The van der Waals surface area contributed by atoms with E-state index in [1.165, 1.54) is 0 Å². The van der Waals surface area contributed by atoms with Crippen LogP contribution in [-0.2, 0) is 28.7 Å². The highest BCUT2D eigenvalue weighted by atomic mass is 16.5. The van der Waals surface area contributed by atoms with Crippen LogP contribution in [0.4, 0.5) is 0 Å². The second-order valence-corrected chi connectivity index (χ2v) is 4.50. The van der Waals surface area contributed by atoms with Gasteiger partial charge in [-0.15, -0.1) is 0 Å². The van der Waals surface area contributed by atoms with Crippen molar-refractivity contribution < 1.29 is 9.47 Å². The zero-order valence-corrected chi connectivity index (χ0v) is 10.8. The maximum absolute atomic E-state index is 11.9. The number of hydrogen-bond acceptors (Lipinski definition) is 4. The highest BCUT2D eigenvalue weighted by Crippen LogP contribution is 2.15. The van der Waals surface area contributed by atoms with E-state index in [-0.39, 0.29) is 5.56 Å². The molecule has 0 aromatic carbocycles. The summed E-state index contributed by atoms with van der Waals surface area (Å²) >= 11 is 0. The molecule has 0 saturated heterocycles. The molecule has 100 valence electrons. The first-order valence-corrected chi connectivity index (χ1v) is 6.49.